The average molecular weight is 471 g/mol. The van der Waals surface area contributed by atoms with E-state index in [1.165, 1.54) is 12.4 Å². The second-order valence-electron chi connectivity index (χ2n) is 9.07. The Morgan fingerprint density at radius 2 is 1.91 bits per heavy atom. The van der Waals surface area contributed by atoms with Crippen molar-refractivity contribution in [3.63, 3.8) is 0 Å². The molecular formula is C24H28F2N6O2. The van der Waals surface area contributed by atoms with E-state index in [2.05, 4.69) is 32.2 Å². The zero-order valence-corrected chi connectivity index (χ0v) is 19.1. The fourth-order valence-electron chi connectivity index (χ4n) is 4.71. The summed E-state index contributed by atoms with van der Waals surface area (Å²) in [7, 11) is 0. The molecule has 1 amide bonds. The molecule has 0 spiro atoms. The Balaban J connectivity index is 1.43. The maximum Gasteiger partial charge on any atom is 0.284 e. The van der Waals surface area contributed by atoms with Crippen LogP contribution in [0.5, 0.6) is 0 Å². The van der Waals surface area contributed by atoms with E-state index >= 15 is 0 Å². The van der Waals surface area contributed by atoms with Gasteiger partial charge in [-0.15, -0.1) is 0 Å². The van der Waals surface area contributed by atoms with Crippen LogP contribution in [0, 0.1) is 5.92 Å². The lowest BCUT2D eigenvalue weighted by Crippen LogP contribution is -2.36. The number of nitrogens with one attached hydrogen (secondary N) is 1. The van der Waals surface area contributed by atoms with Gasteiger partial charge in [-0.3, -0.25) is 14.5 Å². The Kier molecular flexibility index (Phi) is 6.40. The van der Waals surface area contributed by atoms with E-state index < -0.39 is 18.0 Å². The number of pyridine rings is 2. The van der Waals surface area contributed by atoms with E-state index in [-0.39, 0.29) is 17.3 Å². The van der Waals surface area contributed by atoms with Crippen LogP contribution in [0.25, 0.3) is 11.0 Å². The molecule has 3 aromatic heterocycles. The van der Waals surface area contributed by atoms with E-state index in [0.29, 0.717) is 43.3 Å². The van der Waals surface area contributed by atoms with Gasteiger partial charge in [-0.1, -0.05) is 6.92 Å². The van der Waals surface area contributed by atoms with Crippen molar-refractivity contribution >= 4 is 28.4 Å². The van der Waals surface area contributed by atoms with Gasteiger partial charge in [0.25, 0.3) is 12.3 Å². The molecule has 1 saturated carbocycles. The smallest absolute Gasteiger partial charge is 0.284 e. The highest BCUT2D eigenvalue weighted by molar-refractivity contribution is 6.11. The zero-order chi connectivity index (χ0) is 23.7. The molecule has 34 heavy (non-hydrogen) atoms. The van der Waals surface area contributed by atoms with E-state index in [4.69, 9.17) is 4.74 Å². The highest BCUT2D eigenvalue weighted by Crippen LogP contribution is 2.34. The first-order valence-electron chi connectivity index (χ1n) is 11.8. The van der Waals surface area contributed by atoms with E-state index in [1.807, 2.05) is 12.1 Å². The van der Waals surface area contributed by atoms with Crippen LogP contribution in [0.3, 0.4) is 0 Å². The summed E-state index contributed by atoms with van der Waals surface area (Å²) >= 11 is 0. The second-order valence-corrected chi connectivity index (χ2v) is 9.07. The van der Waals surface area contributed by atoms with Gasteiger partial charge in [0.2, 0.25) is 0 Å². The molecule has 0 unspecified atom stereocenters. The van der Waals surface area contributed by atoms with Gasteiger partial charge in [0.15, 0.2) is 5.69 Å². The summed E-state index contributed by atoms with van der Waals surface area (Å²) in [4.78, 5) is 24.3. The SMILES string of the molecule is CC1CCC(n2cc(NC(=O)c3ccnc4ccc(N5CCOCC5)nc34)c(C(F)F)n2)CC1. The minimum atomic E-state index is -2.79. The highest BCUT2D eigenvalue weighted by atomic mass is 19.3. The van der Waals surface area contributed by atoms with Crippen molar-refractivity contribution in [2.75, 3.05) is 36.5 Å². The van der Waals surface area contributed by atoms with Gasteiger partial charge < -0.3 is 15.0 Å². The van der Waals surface area contributed by atoms with Crippen molar-refractivity contribution in [2.24, 2.45) is 5.92 Å². The predicted octanol–water partition coefficient (Wildman–Crippen LogP) is 4.60. The molecule has 0 radical (unpaired) electrons. The van der Waals surface area contributed by atoms with Crippen LogP contribution in [0.4, 0.5) is 20.3 Å². The van der Waals surface area contributed by atoms with Gasteiger partial charge in [0.1, 0.15) is 11.3 Å². The number of anilines is 2. The number of aromatic nitrogens is 4. The van der Waals surface area contributed by atoms with Gasteiger partial charge in [-0.25, -0.2) is 13.8 Å². The maximum atomic E-state index is 13.8. The van der Waals surface area contributed by atoms with Crippen LogP contribution in [0.2, 0.25) is 0 Å². The molecule has 1 N–H and O–H groups in total. The number of nitrogens with zero attached hydrogens (tertiary/aromatic N) is 5. The molecule has 10 heteroatoms. The molecular weight excluding hydrogens is 442 g/mol. The lowest BCUT2D eigenvalue weighted by molar-refractivity contribution is 0.102. The Labute approximate surface area is 196 Å². The third-order valence-electron chi connectivity index (χ3n) is 6.72. The minimum absolute atomic E-state index is 0.0351. The Morgan fingerprint density at radius 1 is 1.15 bits per heavy atom. The van der Waals surface area contributed by atoms with E-state index in [0.717, 1.165) is 31.5 Å². The molecule has 2 aliphatic rings. The molecule has 1 aliphatic heterocycles. The minimum Gasteiger partial charge on any atom is -0.378 e. The molecule has 3 aromatic rings. The monoisotopic (exact) mass is 470 g/mol. The summed E-state index contributed by atoms with van der Waals surface area (Å²) in [6.07, 6.45) is 4.13. The number of alkyl halides is 2. The van der Waals surface area contributed by atoms with Crippen molar-refractivity contribution in [2.45, 2.75) is 45.1 Å². The molecule has 1 aliphatic carbocycles. The number of halogens is 2. The van der Waals surface area contributed by atoms with Crippen LogP contribution in [-0.4, -0.2) is 52.0 Å². The Bertz CT molecular complexity index is 1170. The largest absolute Gasteiger partial charge is 0.378 e. The van der Waals surface area contributed by atoms with Crippen LogP contribution in [0.15, 0.2) is 30.6 Å². The van der Waals surface area contributed by atoms with Gasteiger partial charge in [-0.05, 0) is 49.8 Å². The molecule has 8 nitrogen and oxygen atoms in total. The van der Waals surface area contributed by atoms with Crippen LogP contribution >= 0.6 is 0 Å². The number of ether oxygens (including phenoxy) is 1. The van der Waals surface area contributed by atoms with Gasteiger partial charge in [-0.2, -0.15) is 5.10 Å². The Hall–Kier alpha value is -3.14. The molecule has 0 aromatic carbocycles. The van der Waals surface area contributed by atoms with Crippen LogP contribution in [0.1, 0.15) is 61.1 Å². The molecule has 0 bridgehead atoms. The number of hydrogen-bond donors (Lipinski definition) is 1. The molecule has 1 saturated heterocycles. The summed E-state index contributed by atoms with van der Waals surface area (Å²) in [6.45, 7) is 4.84. The average Bonchev–Trinajstić information content (AvgIpc) is 3.28. The first-order chi connectivity index (χ1) is 16.5. The standard InChI is InChI=1S/C24H28F2N6O2/c1-15-2-4-16(5-3-15)32-14-19(22(30-32)23(25)26)28-24(33)17-8-9-27-18-6-7-20(29-21(17)18)31-10-12-34-13-11-31/h6-9,14-16,23H,2-5,10-13H2,1H3,(H,28,33). The van der Waals surface area contributed by atoms with Gasteiger partial charge >= 0.3 is 0 Å². The number of hydrogen-bond acceptors (Lipinski definition) is 6. The zero-order valence-electron chi connectivity index (χ0n) is 19.1. The fraction of sp³-hybridized carbons (Fsp3) is 0.500. The third kappa shape index (κ3) is 4.59. The van der Waals surface area contributed by atoms with Gasteiger partial charge in [0.05, 0.1) is 36.0 Å². The van der Waals surface area contributed by atoms with E-state index in [1.54, 1.807) is 10.7 Å². The predicted molar refractivity (Wildman–Crippen MR) is 124 cm³/mol. The number of rotatable bonds is 5. The normalized spacial score (nSPS) is 21.2. The van der Waals surface area contributed by atoms with Crippen LogP contribution in [-0.2, 0) is 4.74 Å². The number of carbonyl (C=O) groups is 1. The molecule has 5 rings (SSSR count). The lowest BCUT2D eigenvalue weighted by Gasteiger charge is -2.28. The summed E-state index contributed by atoms with van der Waals surface area (Å²) in [5.74, 6) is 0.846. The van der Waals surface area contributed by atoms with Crippen molar-refractivity contribution in [1.82, 2.24) is 19.7 Å². The highest BCUT2D eigenvalue weighted by Gasteiger charge is 2.26. The molecule has 4 heterocycles. The summed E-state index contributed by atoms with van der Waals surface area (Å²) < 4.78 is 34.5. The molecule has 2 fully saturated rings. The van der Waals surface area contributed by atoms with E-state index in [9.17, 15) is 13.6 Å². The lowest BCUT2D eigenvalue weighted by atomic mass is 9.87. The first-order valence-corrected chi connectivity index (χ1v) is 11.8. The fourth-order valence-corrected chi connectivity index (χ4v) is 4.71. The second kappa shape index (κ2) is 9.61. The van der Waals surface area contributed by atoms with Crippen molar-refractivity contribution in [3.05, 3.63) is 41.9 Å². The summed E-state index contributed by atoms with van der Waals surface area (Å²) in [6, 6.07) is 5.31. The maximum absolute atomic E-state index is 13.8. The summed E-state index contributed by atoms with van der Waals surface area (Å²) in [5.41, 5.74) is 0.891. The van der Waals surface area contributed by atoms with Crippen molar-refractivity contribution < 1.29 is 18.3 Å². The topological polar surface area (TPSA) is 85.2 Å². The van der Waals surface area contributed by atoms with Crippen molar-refractivity contribution in [3.8, 4) is 0 Å². The molecule has 0 atom stereocenters. The molecule has 180 valence electrons. The Morgan fingerprint density at radius 3 is 2.65 bits per heavy atom. The number of morpholine rings is 1. The summed E-state index contributed by atoms with van der Waals surface area (Å²) in [5, 5.41) is 6.81. The third-order valence-corrected chi connectivity index (χ3v) is 6.72. The number of fused-ring (bicyclic) bond motifs is 1. The first kappa shape index (κ1) is 22.6. The van der Waals surface area contributed by atoms with Crippen molar-refractivity contribution in [1.29, 1.82) is 0 Å². The quantitative estimate of drug-likeness (QED) is 0.587. The van der Waals surface area contributed by atoms with Gasteiger partial charge in [0, 0.05) is 25.5 Å². The van der Waals surface area contributed by atoms with Crippen LogP contribution < -0.4 is 10.2 Å². The number of amides is 1. The number of carbonyl (C=O) groups excluding carboxylic acids is 1.